The number of nitrogens with one attached hydrogen (secondary N) is 3. The number of benzene rings is 5. The van der Waals surface area contributed by atoms with E-state index >= 15 is 0 Å². The van der Waals surface area contributed by atoms with Crippen LogP contribution in [0.1, 0.15) is 33.6 Å². The minimum atomic E-state index is -3.93. The summed E-state index contributed by atoms with van der Waals surface area (Å²) in [4.78, 5) is 17.4. The van der Waals surface area contributed by atoms with Gasteiger partial charge in [-0.3, -0.25) is 4.79 Å². The molecule has 4 aromatic carbocycles. The molecule has 250 valence electrons. The third-order valence-corrected chi connectivity index (χ3v) is 10.2. The molecular formula is C40H40N4O4S. The van der Waals surface area contributed by atoms with Gasteiger partial charge >= 0.3 is 0 Å². The van der Waals surface area contributed by atoms with Gasteiger partial charge < -0.3 is 15.1 Å². The van der Waals surface area contributed by atoms with Crippen LogP contribution in [0.25, 0.3) is 33.4 Å². The van der Waals surface area contributed by atoms with E-state index < -0.39 is 15.4 Å². The largest absolute Gasteiger partial charge is 0.456 e. The van der Waals surface area contributed by atoms with Crippen LogP contribution in [-0.2, 0) is 14.8 Å². The van der Waals surface area contributed by atoms with Gasteiger partial charge in [-0.25, -0.2) is 18.1 Å². The molecule has 2 aliphatic rings. The van der Waals surface area contributed by atoms with Gasteiger partial charge in [0.2, 0.25) is 15.9 Å². The highest BCUT2D eigenvalue weighted by molar-refractivity contribution is 7.89. The SMILES string of the molecule is CCC(C)(C)C(=O)NCCCNS(=O)(=O)c1ccccc1-c1c2ccc(=Nc3ccccc3)cc-2oc2cc(Nc3ccccc3)ccc12. The van der Waals surface area contributed by atoms with Crippen molar-refractivity contribution in [2.24, 2.45) is 10.4 Å². The van der Waals surface area contributed by atoms with Crippen molar-refractivity contribution in [3.8, 4) is 22.5 Å². The van der Waals surface area contributed by atoms with Gasteiger partial charge in [-0.1, -0.05) is 75.4 Å². The summed E-state index contributed by atoms with van der Waals surface area (Å²) < 4.78 is 37.0. The van der Waals surface area contributed by atoms with Gasteiger partial charge in [0.25, 0.3) is 0 Å². The Labute approximate surface area is 287 Å². The molecule has 0 saturated heterocycles. The quantitative estimate of drug-likeness (QED) is 0.0893. The Morgan fingerprint density at radius 1 is 0.776 bits per heavy atom. The normalized spacial score (nSPS) is 12.3. The number of rotatable bonds is 12. The predicted molar refractivity (Wildman–Crippen MR) is 197 cm³/mol. The van der Waals surface area contributed by atoms with Crippen LogP contribution in [0.15, 0.2) is 136 Å². The molecule has 0 fully saturated rings. The minimum Gasteiger partial charge on any atom is -0.456 e. The number of hydrogen-bond donors (Lipinski definition) is 3. The molecule has 1 aliphatic heterocycles. The van der Waals surface area contributed by atoms with Crippen molar-refractivity contribution < 1.29 is 17.6 Å². The fourth-order valence-electron chi connectivity index (χ4n) is 5.54. The maximum absolute atomic E-state index is 13.9. The summed E-state index contributed by atoms with van der Waals surface area (Å²) in [6, 6.07) is 38.1. The fourth-order valence-corrected chi connectivity index (χ4v) is 6.82. The number of carbonyl (C=O) groups excluding carboxylic acids is 1. The monoisotopic (exact) mass is 672 g/mol. The third-order valence-electron chi connectivity index (χ3n) is 8.66. The maximum atomic E-state index is 13.9. The van der Waals surface area contributed by atoms with Crippen molar-refractivity contribution in [3.63, 3.8) is 0 Å². The fraction of sp³-hybridized carbons (Fsp3) is 0.200. The molecule has 0 radical (unpaired) electrons. The molecule has 0 aromatic heterocycles. The first kappa shape index (κ1) is 33.6. The molecule has 8 nitrogen and oxygen atoms in total. The van der Waals surface area contributed by atoms with Crippen LogP contribution in [0.3, 0.4) is 0 Å². The number of fused-ring (bicyclic) bond motifs is 2. The van der Waals surface area contributed by atoms with E-state index in [-0.39, 0.29) is 17.3 Å². The zero-order valence-corrected chi connectivity index (χ0v) is 28.7. The van der Waals surface area contributed by atoms with Gasteiger partial charge in [0.05, 0.1) is 15.9 Å². The van der Waals surface area contributed by atoms with Crippen molar-refractivity contribution in [2.75, 3.05) is 18.4 Å². The molecular weight excluding hydrogens is 633 g/mol. The lowest BCUT2D eigenvalue weighted by molar-refractivity contribution is -0.129. The van der Waals surface area contributed by atoms with Crippen LogP contribution in [0, 0.1) is 5.41 Å². The van der Waals surface area contributed by atoms with E-state index in [0.717, 1.165) is 33.6 Å². The van der Waals surface area contributed by atoms with Crippen molar-refractivity contribution in [3.05, 3.63) is 127 Å². The lowest BCUT2D eigenvalue weighted by atomic mass is 9.89. The van der Waals surface area contributed by atoms with Crippen LogP contribution < -0.4 is 20.7 Å². The number of anilines is 2. The lowest BCUT2D eigenvalue weighted by Crippen LogP contribution is -2.38. The Morgan fingerprint density at radius 3 is 2.24 bits per heavy atom. The first-order valence-corrected chi connectivity index (χ1v) is 17.9. The average Bonchev–Trinajstić information content (AvgIpc) is 3.11. The highest BCUT2D eigenvalue weighted by Crippen LogP contribution is 2.43. The molecule has 1 aliphatic carbocycles. The first-order valence-electron chi connectivity index (χ1n) is 16.4. The number of nitrogens with zero attached hydrogens (tertiary/aromatic N) is 1. The summed E-state index contributed by atoms with van der Waals surface area (Å²) in [5.74, 6) is 0.528. The molecule has 0 bridgehead atoms. The standard InChI is InChI=1S/C40H40N4O4S/c1-4-40(2,3)39(45)41-24-13-25-42-49(46,47)37-19-12-11-18-34(37)38-32-22-20-30(43-28-14-7-5-8-15-28)26-35(32)48-36-27-31(21-23-33(36)38)44-29-16-9-6-10-17-29/h5-12,14-23,26-27,42-43H,4,13,24-25H2,1-3H3,(H,41,45). The average molecular weight is 673 g/mol. The van der Waals surface area contributed by atoms with Gasteiger partial charge in [-0.2, -0.15) is 0 Å². The summed E-state index contributed by atoms with van der Waals surface area (Å²) >= 11 is 0. The summed E-state index contributed by atoms with van der Waals surface area (Å²) in [6.07, 6.45) is 1.17. The Bertz CT molecular complexity index is 2230. The maximum Gasteiger partial charge on any atom is 0.241 e. The van der Waals surface area contributed by atoms with Gasteiger partial charge in [0, 0.05) is 64.1 Å². The van der Waals surface area contributed by atoms with E-state index in [1.54, 1.807) is 12.1 Å². The number of sulfonamides is 1. The Kier molecular flexibility index (Phi) is 9.94. The smallest absolute Gasteiger partial charge is 0.241 e. The first-order chi connectivity index (χ1) is 23.6. The van der Waals surface area contributed by atoms with Gasteiger partial charge in [-0.15, -0.1) is 0 Å². The van der Waals surface area contributed by atoms with E-state index in [1.165, 1.54) is 0 Å². The number of amides is 1. The topological polar surface area (TPSA) is 113 Å². The molecule has 9 heteroatoms. The van der Waals surface area contributed by atoms with Crippen molar-refractivity contribution in [1.82, 2.24) is 10.0 Å². The van der Waals surface area contributed by atoms with E-state index in [1.807, 2.05) is 130 Å². The molecule has 4 aromatic rings. The molecule has 3 N–H and O–H groups in total. The summed E-state index contributed by atoms with van der Waals surface area (Å²) in [6.45, 7) is 6.31. The Hall–Kier alpha value is -5.25. The van der Waals surface area contributed by atoms with E-state index in [4.69, 9.17) is 9.41 Å². The Balaban J connectivity index is 1.40. The summed E-state index contributed by atoms with van der Waals surface area (Å²) in [5, 5.41) is 7.82. The van der Waals surface area contributed by atoms with Gasteiger partial charge in [0.15, 0.2) is 0 Å². The molecule has 0 unspecified atom stereocenters. The van der Waals surface area contributed by atoms with Crippen LogP contribution >= 0.6 is 0 Å². The second kappa shape index (κ2) is 14.5. The van der Waals surface area contributed by atoms with Crippen LogP contribution in [0.4, 0.5) is 17.1 Å². The second-order valence-corrected chi connectivity index (χ2v) is 14.3. The number of hydrogen-bond acceptors (Lipinski definition) is 6. The number of para-hydroxylation sites is 2. The van der Waals surface area contributed by atoms with E-state index in [9.17, 15) is 13.2 Å². The summed E-state index contributed by atoms with van der Waals surface area (Å²) in [5.41, 5.74) is 4.74. The second-order valence-electron chi connectivity index (χ2n) is 12.5. The third kappa shape index (κ3) is 7.74. The molecule has 1 heterocycles. The molecule has 6 rings (SSSR count). The van der Waals surface area contributed by atoms with Crippen LogP contribution in [-0.4, -0.2) is 27.4 Å². The molecule has 49 heavy (non-hydrogen) atoms. The molecule has 0 spiro atoms. The lowest BCUT2D eigenvalue weighted by Gasteiger charge is -2.21. The van der Waals surface area contributed by atoms with E-state index in [2.05, 4.69) is 15.4 Å². The minimum absolute atomic E-state index is 0.0432. The molecule has 0 saturated carbocycles. The number of carbonyl (C=O) groups is 1. The molecule has 1 amide bonds. The van der Waals surface area contributed by atoms with Crippen molar-refractivity contribution in [2.45, 2.75) is 38.5 Å². The molecule has 0 atom stereocenters. The van der Waals surface area contributed by atoms with Crippen molar-refractivity contribution >= 4 is 44.0 Å². The Morgan fingerprint density at radius 2 is 1.49 bits per heavy atom. The highest BCUT2D eigenvalue weighted by Gasteiger charge is 2.26. The zero-order valence-electron chi connectivity index (χ0n) is 27.9. The van der Waals surface area contributed by atoms with Crippen LogP contribution in [0.5, 0.6) is 0 Å². The predicted octanol–water partition coefficient (Wildman–Crippen LogP) is 8.40. The van der Waals surface area contributed by atoms with Gasteiger partial charge in [-0.05, 0) is 67.4 Å². The zero-order chi connectivity index (χ0) is 34.4. The van der Waals surface area contributed by atoms with Crippen LogP contribution in [0.2, 0.25) is 0 Å². The summed E-state index contributed by atoms with van der Waals surface area (Å²) in [7, 11) is -3.93. The van der Waals surface area contributed by atoms with E-state index in [0.29, 0.717) is 41.7 Å². The van der Waals surface area contributed by atoms with Gasteiger partial charge in [0.1, 0.15) is 11.3 Å². The van der Waals surface area contributed by atoms with Crippen molar-refractivity contribution in [1.29, 1.82) is 0 Å². The highest BCUT2D eigenvalue weighted by atomic mass is 32.2.